The van der Waals surface area contributed by atoms with E-state index in [0.29, 0.717) is 11.6 Å². The van der Waals surface area contributed by atoms with Crippen molar-refractivity contribution in [3.63, 3.8) is 0 Å². The number of fused-ring (bicyclic) bond motifs is 2. The molecule has 0 amide bonds. The average Bonchev–Trinajstić information content (AvgIpc) is 2.60. The van der Waals surface area contributed by atoms with E-state index in [1.807, 2.05) is 48.3 Å². The SMILES string of the molecule is CCN(CCO)Nc1c2ccc(Cl)cc2nc2ccc(OC)cc12. The quantitative estimate of drug-likeness (QED) is 0.527. The van der Waals surface area contributed by atoms with Gasteiger partial charge in [0.05, 0.1) is 30.4 Å². The highest BCUT2D eigenvalue weighted by Gasteiger charge is 2.13. The lowest BCUT2D eigenvalue weighted by Gasteiger charge is -2.24. The van der Waals surface area contributed by atoms with E-state index in [4.69, 9.17) is 21.3 Å². The maximum Gasteiger partial charge on any atom is 0.119 e. The summed E-state index contributed by atoms with van der Waals surface area (Å²) in [5.74, 6) is 0.769. The van der Waals surface area contributed by atoms with Gasteiger partial charge >= 0.3 is 0 Å². The Labute approximate surface area is 145 Å². The van der Waals surface area contributed by atoms with Gasteiger partial charge in [-0.3, -0.25) is 0 Å². The molecule has 0 unspecified atom stereocenters. The molecule has 1 aromatic heterocycles. The molecule has 0 radical (unpaired) electrons. The number of aromatic nitrogens is 1. The third kappa shape index (κ3) is 3.24. The number of likely N-dealkylation sites (N-methyl/N-ethyl adjacent to an activating group) is 1. The van der Waals surface area contributed by atoms with E-state index >= 15 is 0 Å². The number of aliphatic hydroxyl groups excluding tert-OH is 1. The Hall–Kier alpha value is -2.08. The second kappa shape index (κ2) is 7.21. The van der Waals surface area contributed by atoms with Crippen LogP contribution in [0.2, 0.25) is 5.02 Å². The van der Waals surface area contributed by atoms with E-state index in [9.17, 15) is 5.11 Å². The summed E-state index contributed by atoms with van der Waals surface area (Å²) in [4.78, 5) is 4.71. The summed E-state index contributed by atoms with van der Waals surface area (Å²) >= 11 is 6.13. The first-order valence-corrected chi connectivity index (χ1v) is 8.23. The highest BCUT2D eigenvalue weighted by molar-refractivity contribution is 6.31. The van der Waals surface area contributed by atoms with Crippen molar-refractivity contribution in [1.29, 1.82) is 0 Å². The molecular weight excluding hydrogens is 326 g/mol. The van der Waals surface area contributed by atoms with Gasteiger partial charge in [0.2, 0.25) is 0 Å². The number of anilines is 1. The van der Waals surface area contributed by atoms with E-state index in [2.05, 4.69) is 5.43 Å². The number of benzene rings is 2. The standard InChI is InChI=1S/C18H20ClN3O2/c1-3-22(8-9-23)21-18-14-6-4-12(19)10-17(14)20-16-7-5-13(24-2)11-15(16)18/h4-7,10-11,23H,3,8-9H2,1-2H3,(H,20,21). The van der Waals surface area contributed by atoms with Crippen LogP contribution in [0.25, 0.3) is 21.8 Å². The molecule has 2 aromatic carbocycles. The molecule has 2 N–H and O–H groups in total. The molecule has 3 rings (SSSR count). The largest absolute Gasteiger partial charge is 0.497 e. The Bertz CT molecular complexity index is 870. The zero-order valence-corrected chi connectivity index (χ0v) is 14.5. The number of pyridine rings is 1. The predicted octanol–water partition coefficient (Wildman–Crippen LogP) is 3.69. The molecule has 0 atom stereocenters. The van der Waals surface area contributed by atoms with E-state index in [0.717, 1.165) is 39.8 Å². The minimum absolute atomic E-state index is 0.0803. The molecular formula is C18H20ClN3O2. The second-order valence-electron chi connectivity index (χ2n) is 5.45. The number of nitrogens with one attached hydrogen (secondary N) is 1. The summed E-state index contributed by atoms with van der Waals surface area (Å²) in [5.41, 5.74) is 6.03. The number of hydrogen-bond donors (Lipinski definition) is 2. The number of nitrogens with zero attached hydrogens (tertiary/aromatic N) is 2. The highest BCUT2D eigenvalue weighted by atomic mass is 35.5. The fraction of sp³-hybridized carbons (Fsp3) is 0.278. The molecule has 0 saturated carbocycles. The van der Waals surface area contributed by atoms with E-state index in [-0.39, 0.29) is 6.61 Å². The van der Waals surface area contributed by atoms with Gasteiger partial charge in [0, 0.05) is 28.9 Å². The molecule has 3 aromatic rings. The molecule has 0 spiro atoms. The molecule has 0 saturated heterocycles. The van der Waals surface area contributed by atoms with Crippen LogP contribution < -0.4 is 10.2 Å². The summed E-state index contributed by atoms with van der Waals surface area (Å²) in [7, 11) is 1.65. The van der Waals surface area contributed by atoms with Crippen LogP contribution in [-0.2, 0) is 0 Å². The Balaban J connectivity index is 2.25. The molecule has 0 fully saturated rings. The zero-order valence-electron chi connectivity index (χ0n) is 13.7. The molecule has 1 heterocycles. The Kier molecular flexibility index (Phi) is 5.04. The molecule has 126 valence electrons. The van der Waals surface area contributed by atoms with Crippen molar-refractivity contribution in [2.75, 3.05) is 32.2 Å². The maximum absolute atomic E-state index is 9.26. The normalized spacial score (nSPS) is 11.4. The van der Waals surface area contributed by atoms with E-state index in [1.165, 1.54) is 0 Å². The van der Waals surface area contributed by atoms with Crippen LogP contribution in [0.4, 0.5) is 5.69 Å². The van der Waals surface area contributed by atoms with Gasteiger partial charge in [0.25, 0.3) is 0 Å². The number of rotatable bonds is 6. The van der Waals surface area contributed by atoms with Crippen molar-refractivity contribution in [3.8, 4) is 5.75 Å². The first-order valence-electron chi connectivity index (χ1n) is 7.85. The monoisotopic (exact) mass is 345 g/mol. The van der Waals surface area contributed by atoms with Crippen LogP contribution in [0, 0.1) is 0 Å². The van der Waals surface area contributed by atoms with Crippen molar-refractivity contribution in [2.45, 2.75) is 6.92 Å². The highest BCUT2D eigenvalue weighted by Crippen LogP contribution is 2.34. The van der Waals surface area contributed by atoms with Crippen molar-refractivity contribution in [1.82, 2.24) is 9.99 Å². The molecule has 5 nitrogen and oxygen atoms in total. The van der Waals surface area contributed by atoms with Gasteiger partial charge in [-0.25, -0.2) is 9.99 Å². The minimum Gasteiger partial charge on any atom is -0.497 e. The van der Waals surface area contributed by atoms with Gasteiger partial charge in [-0.1, -0.05) is 18.5 Å². The second-order valence-corrected chi connectivity index (χ2v) is 5.88. The molecule has 0 aliphatic carbocycles. The Morgan fingerprint density at radius 3 is 2.71 bits per heavy atom. The fourth-order valence-electron chi connectivity index (χ4n) is 2.72. The van der Waals surface area contributed by atoms with Crippen LogP contribution in [-0.4, -0.2) is 41.9 Å². The van der Waals surface area contributed by atoms with Crippen molar-refractivity contribution in [2.24, 2.45) is 0 Å². The fourth-order valence-corrected chi connectivity index (χ4v) is 2.88. The number of hydrazine groups is 1. The van der Waals surface area contributed by atoms with Gasteiger partial charge in [0.15, 0.2) is 0 Å². The molecule has 0 bridgehead atoms. The van der Waals surface area contributed by atoms with Gasteiger partial charge in [-0.2, -0.15) is 0 Å². The van der Waals surface area contributed by atoms with Crippen LogP contribution in [0.15, 0.2) is 36.4 Å². The smallest absolute Gasteiger partial charge is 0.119 e. The lowest BCUT2D eigenvalue weighted by atomic mass is 10.1. The lowest BCUT2D eigenvalue weighted by molar-refractivity contribution is 0.226. The topological polar surface area (TPSA) is 57.6 Å². The first-order chi connectivity index (χ1) is 11.7. The minimum atomic E-state index is 0.0803. The first kappa shape index (κ1) is 16.8. The third-order valence-electron chi connectivity index (χ3n) is 3.96. The van der Waals surface area contributed by atoms with E-state index < -0.39 is 0 Å². The van der Waals surface area contributed by atoms with E-state index in [1.54, 1.807) is 7.11 Å². The van der Waals surface area contributed by atoms with Crippen molar-refractivity contribution >= 4 is 39.1 Å². The summed E-state index contributed by atoms with van der Waals surface area (Å²) in [6.07, 6.45) is 0. The average molecular weight is 346 g/mol. The molecule has 6 heteroatoms. The third-order valence-corrected chi connectivity index (χ3v) is 4.20. The van der Waals surface area contributed by atoms with Crippen LogP contribution in [0.1, 0.15) is 6.92 Å². The van der Waals surface area contributed by atoms with Crippen LogP contribution in [0.5, 0.6) is 5.75 Å². The Morgan fingerprint density at radius 2 is 2.00 bits per heavy atom. The number of hydrogen-bond acceptors (Lipinski definition) is 5. The molecule has 24 heavy (non-hydrogen) atoms. The van der Waals surface area contributed by atoms with Crippen LogP contribution >= 0.6 is 11.6 Å². The zero-order chi connectivity index (χ0) is 17.1. The van der Waals surface area contributed by atoms with Gasteiger partial charge in [-0.05, 0) is 36.4 Å². The number of aliphatic hydroxyl groups is 1. The van der Waals surface area contributed by atoms with Gasteiger partial charge < -0.3 is 15.3 Å². The number of ether oxygens (including phenoxy) is 1. The molecule has 0 aliphatic heterocycles. The summed E-state index contributed by atoms with van der Waals surface area (Å²) in [5, 5.41) is 13.8. The maximum atomic E-state index is 9.26. The predicted molar refractivity (Wildman–Crippen MR) is 98.8 cm³/mol. The summed E-state index contributed by atoms with van der Waals surface area (Å²) in [6, 6.07) is 11.5. The van der Waals surface area contributed by atoms with Crippen molar-refractivity contribution in [3.05, 3.63) is 41.4 Å². The molecule has 0 aliphatic rings. The summed E-state index contributed by atoms with van der Waals surface area (Å²) < 4.78 is 5.36. The van der Waals surface area contributed by atoms with Gasteiger partial charge in [-0.15, -0.1) is 0 Å². The summed E-state index contributed by atoms with van der Waals surface area (Å²) in [6.45, 7) is 3.39. The number of methoxy groups -OCH3 is 1. The Morgan fingerprint density at radius 1 is 1.17 bits per heavy atom. The van der Waals surface area contributed by atoms with Gasteiger partial charge in [0.1, 0.15) is 5.75 Å². The lowest BCUT2D eigenvalue weighted by Crippen LogP contribution is -2.32. The number of halogens is 1. The van der Waals surface area contributed by atoms with Crippen molar-refractivity contribution < 1.29 is 9.84 Å². The van der Waals surface area contributed by atoms with Crippen LogP contribution in [0.3, 0.4) is 0 Å².